The van der Waals surface area contributed by atoms with Crippen LogP contribution in [0.4, 0.5) is 17.1 Å². The first kappa shape index (κ1) is 20.5. The Bertz CT molecular complexity index is 1020. The number of amides is 1. The van der Waals surface area contributed by atoms with Gasteiger partial charge in [0.25, 0.3) is 17.0 Å². The highest BCUT2D eigenvalue weighted by Crippen LogP contribution is 2.32. The average molecular weight is 401 g/mol. The van der Waals surface area contributed by atoms with Crippen molar-refractivity contribution in [1.82, 2.24) is 14.7 Å². The molecule has 0 atom stereocenters. The van der Waals surface area contributed by atoms with Gasteiger partial charge in [0.15, 0.2) is 5.75 Å². The number of phenols is 1. The Labute approximate surface area is 168 Å². The molecule has 1 aliphatic carbocycles. The van der Waals surface area contributed by atoms with Crippen LogP contribution in [0.5, 0.6) is 5.75 Å². The van der Waals surface area contributed by atoms with Gasteiger partial charge in [0, 0.05) is 26.7 Å². The molecule has 1 aromatic heterocycles. The number of carbonyl (C=O) groups is 1. The van der Waals surface area contributed by atoms with E-state index in [1.54, 1.807) is 33.2 Å². The van der Waals surface area contributed by atoms with Crippen LogP contribution < -0.4 is 21.8 Å². The normalized spacial score (nSPS) is 14.0. The van der Waals surface area contributed by atoms with Crippen molar-refractivity contribution < 1.29 is 9.90 Å². The van der Waals surface area contributed by atoms with Crippen LogP contribution in [0.3, 0.4) is 0 Å². The van der Waals surface area contributed by atoms with Crippen molar-refractivity contribution in [1.29, 1.82) is 0 Å². The summed E-state index contributed by atoms with van der Waals surface area (Å²) in [5, 5.41) is 19.3. The molecular formula is C20H27N5O4. The molecule has 156 valence electrons. The lowest BCUT2D eigenvalue weighted by molar-refractivity contribution is 0.0824. The molecular weight excluding hydrogens is 374 g/mol. The number of nitrogens with zero attached hydrogens (tertiary/aromatic N) is 2. The molecule has 0 radical (unpaired) electrons. The SMILES string of the molecule is CCn1[nH]c(=O)c(NC2CCCC2)c(Nc2cccc(C(=O)N(C)C)c2O)c1=O. The van der Waals surface area contributed by atoms with Crippen molar-refractivity contribution >= 4 is 23.0 Å². The molecule has 1 heterocycles. The first-order valence-corrected chi connectivity index (χ1v) is 9.77. The smallest absolute Gasteiger partial charge is 0.291 e. The highest BCUT2D eigenvalue weighted by molar-refractivity contribution is 5.98. The van der Waals surface area contributed by atoms with Crippen LogP contribution in [-0.4, -0.2) is 45.8 Å². The number of aryl methyl sites for hydroxylation is 1. The molecule has 0 aliphatic heterocycles. The lowest BCUT2D eigenvalue weighted by atomic mass is 10.1. The first-order valence-electron chi connectivity index (χ1n) is 9.77. The van der Waals surface area contributed by atoms with Gasteiger partial charge >= 0.3 is 0 Å². The van der Waals surface area contributed by atoms with Crippen LogP contribution in [0.2, 0.25) is 0 Å². The standard InChI is InChI=1S/C20H27N5O4/c1-4-25-20(29)16(15(18(27)23-25)21-12-8-5-6-9-12)22-14-11-7-10-13(17(14)26)19(28)24(2)3/h7,10-12,21-22,26H,4-6,8-9H2,1-3H3,(H,23,27). The van der Waals surface area contributed by atoms with Gasteiger partial charge in [-0.05, 0) is 31.9 Å². The summed E-state index contributed by atoms with van der Waals surface area (Å²) in [5.41, 5.74) is -0.358. The van der Waals surface area contributed by atoms with E-state index in [1.165, 1.54) is 15.6 Å². The number of benzene rings is 1. The van der Waals surface area contributed by atoms with Gasteiger partial charge in [-0.15, -0.1) is 0 Å². The molecule has 0 bridgehead atoms. The van der Waals surface area contributed by atoms with Crippen LogP contribution in [-0.2, 0) is 6.54 Å². The molecule has 0 spiro atoms. The Morgan fingerprint density at radius 1 is 1.24 bits per heavy atom. The van der Waals surface area contributed by atoms with E-state index in [2.05, 4.69) is 15.7 Å². The molecule has 1 fully saturated rings. The minimum absolute atomic E-state index is 0.0484. The number of aromatic nitrogens is 2. The Kier molecular flexibility index (Phi) is 5.95. The van der Waals surface area contributed by atoms with Crippen molar-refractivity contribution in [2.24, 2.45) is 0 Å². The van der Waals surface area contributed by atoms with Gasteiger partial charge in [0.2, 0.25) is 0 Å². The Balaban J connectivity index is 2.07. The molecule has 1 amide bonds. The molecule has 0 unspecified atom stereocenters. The summed E-state index contributed by atoms with van der Waals surface area (Å²) < 4.78 is 1.20. The fraction of sp³-hybridized carbons (Fsp3) is 0.450. The van der Waals surface area contributed by atoms with Crippen LogP contribution >= 0.6 is 0 Å². The fourth-order valence-corrected chi connectivity index (χ4v) is 3.53. The van der Waals surface area contributed by atoms with E-state index in [9.17, 15) is 19.5 Å². The van der Waals surface area contributed by atoms with E-state index in [0.29, 0.717) is 0 Å². The van der Waals surface area contributed by atoms with Crippen LogP contribution in [0, 0.1) is 0 Å². The molecule has 29 heavy (non-hydrogen) atoms. The van der Waals surface area contributed by atoms with Gasteiger partial charge in [0.05, 0.1) is 11.3 Å². The number of anilines is 3. The van der Waals surface area contributed by atoms with E-state index in [1.807, 2.05) is 0 Å². The van der Waals surface area contributed by atoms with Crippen molar-refractivity contribution in [2.45, 2.75) is 45.2 Å². The summed E-state index contributed by atoms with van der Waals surface area (Å²) in [6.45, 7) is 2.04. The summed E-state index contributed by atoms with van der Waals surface area (Å²) in [5.74, 6) is -0.645. The molecule has 4 N–H and O–H groups in total. The fourth-order valence-electron chi connectivity index (χ4n) is 3.53. The molecule has 1 aromatic carbocycles. The van der Waals surface area contributed by atoms with E-state index in [-0.39, 0.29) is 46.9 Å². The summed E-state index contributed by atoms with van der Waals surface area (Å²) in [4.78, 5) is 39.2. The van der Waals surface area contributed by atoms with Crippen LogP contribution in [0.15, 0.2) is 27.8 Å². The number of rotatable bonds is 6. The monoisotopic (exact) mass is 401 g/mol. The summed E-state index contributed by atoms with van der Waals surface area (Å²) >= 11 is 0. The van der Waals surface area contributed by atoms with Crippen molar-refractivity contribution in [3.8, 4) is 5.75 Å². The van der Waals surface area contributed by atoms with Crippen molar-refractivity contribution in [3.63, 3.8) is 0 Å². The van der Waals surface area contributed by atoms with Crippen molar-refractivity contribution in [2.75, 3.05) is 24.7 Å². The Morgan fingerprint density at radius 2 is 1.93 bits per heavy atom. The number of carbonyl (C=O) groups excluding carboxylic acids is 1. The zero-order chi connectivity index (χ0) is 21.1. The molecule has 9 nitrogen and oxygen atoms in total. The van der Waals surface area contributed by atoms with Gasteiger partial charge < -0.3 is 20.6 Å². The average Bonchev–Trinajstić information content (AvgIpc) is 3.21. The molecule has 2 aromatic rings. The van der Waals surface area contributed by atoms with Crippen LogP contribution in [0.25, 0.3) is 0 Å². The van der Waals surface area contributed by atoms with E-state index < -0.39 is 11.1 Å². The van der Waals surface area contributed by atoms with Crippen molar-refractivity contribution in [3.05, 3.63) is 44.5 Å². The Morgan fingerprint density at radius 3 is 2.55 bits per heavy atom. The number of nitrogens with one attached hydrogen (secondary N) is 3. The Hall–Kier alpha value is -3.23. The van der Waals surface area contributed by atoms with Gasteiger partial charge in [-0.3, -0.25) is 19.5 Å². The van der Waals surface area contributed by atoms with Gasteiger partial charge in [-0.1, -0.05) is 18.9 Å². The zero-order valence-electron chi connectivity index (χ0n) is 16.9. The minimum Gasteiger partial charge on any atom is -0.505 e. The first-order chi connectivity index (χ1) is 13.8. The number of para-hydroxylation sites is 1. The molecule has 0 saturated heterocycles. The van der Waals surface area contributed by atoms with E-state index in [4.69, 9.17) is 0 Å². The summed E-state index contributed by atoms with van der Waals surface area (Å²) in [6.07, 6.45) is 3.99. The highest BCUT2D eigenvalue weighted by Gasteiger charge is 2.23. The summed E-state index contributed by atoms with van der Waals surface area (Å²) in [7, 11) is 3.17. The lowest BCUT2D eigenvalue weighted by Gasteiger charge is -2.19. The number of hydrogen-bond donors (Lipinski definition) is 4. The second-order valence-corrected chi connectivity index (χ2v) is 7.39. The number of aromatic hydroxyl groups is 1. The maximum Gasteiger partial charge on any atom is 0.291 e. The highest BCUT2D eigenvalue weighted by atomic mass is 16.3. The minimum atomic E-state index is -0.420. The largest absolute Gasteiger partial charge is 0.505 e. The van der Waals surface area contributed by atoms with Gasteiger partial charge in [0.1, 0.15) is 11.4 Å². The number of phenolic OH excluding ortho intramolecular Hbond substituents is 1. The maximum absolute atomic E-state index is 12.9. The third kappa shape index (κ3) is 4.13. The molecule has 3 rings (SSSR count). The van der Waals surface area contributed by atoms with Gasteiger partial charge in [-0.25, -0.2) is 4.68 Å². The van der Waals surface area contributed by atoms with E-state index in [0.717, 1.165) is 25.7 Å². The topological polar surface area (TPSA) is 119 Å². The van der Waals surface area contributed by atoms with Gasteiger partial charge in [-0.2, -0.15) is 0 Å². The quantitative estimate of drug-likeness (QED) is 0.550. The van der Waals surface area contributed by atoms with Crippen LogP contribution in [0.1, 0.15) is 43.0 Å². The second-order valence-electron chi connectivity index (χ2n) is 7.39. The zero-order valence-corrected chi connectivity index (χ0v) is 16.9. The number of H-pyrrole nitrogens is 1. The third-order valence-corrected chi connectivity index (χ3v) is 5.12. The number of aromatic amines is 1. The predicted octanol–water partition coefficient (Wildman–Crippen LogP) is 2.06. The lowest BCUT2D eigenvalue weighted by Crippen LogP contribution is -2.34. The molecule has 1 saturated carbocycles. The molecule has 1 aliphatic rings. The maximum atomic E-state index is 12.9. The summed E-state index contributed by atoms with van der Waals surface area (Å²) in [6, 6.07) is 4.78. The third-order valence-electron chi connectivity index (χ3n) is 5.12. The second kappa shape index (κ2) is 8.42. The number of hydrogen-bond acceptors (Lipinski definition) is 6. The molecule has 9 heteroatoms. The van der Waals surface area contributed by atoms with E-state index >= 15 is 0 Å². The predicted molar refractivity (Wildman–Crippen MR) is 112 cm³/mol.